The Bertz CT molecular complexity index is 1530. The summed E-state index contributed by atoms with van der Waals surface area (Å²) in [6, 6.07) is 16.4. The summed E-state index contributed by atoms with van der Waals surface area (Å²) in [5.74, 6) is -0.168. The molecule has 2 heterocycles. The fourth-order valence-corrected chi connectivity index (χ4v) is 4.73. The number of anilines is 1. The Morgan fingerprint density at radius 2 is 1.72 bits per heavy atom. The molecule has 184 valence electrons. The molecule has 0 aliphatic carbocycles. The third kappa shape index (κ3) is 4.45. The first-order valence-corrected chi connectivity index (χ1v) is 11.8. The lowest BCUT2D eigenvalue weighted by Gasteiger charge is -2.37. The van der Waals surface area contributed by atoms with Crippen LogP contribution in [0.3, 0.4) is 0 Å². The second-order valence-electron chi connectivity index (χ2n) is 9.13. The van der Waals surface area contributed by atoms with Crippen molar-refractivity contribution in [3.63, 3.8) is 0 Å². The Morgan fingerprint density at radius 1 is 0.972 bits per heavy atom. The van der Waals surface area contributed by atoms with Crippen LogP contribution in [0.1, 0.15) is 17.0 Å². The number of nitro groups is 1. The molecule has 0 atom stereocenters. The number of hydrogen-bond donors (Lipinski definition) is 0. The lowest BCUT2D eigenvalue weighted by molar-refractivity contribution is -0.384. The van der Waals surface area contributed by atoms with Crippen LogP contribution >= 0.6 is 0 Å². The largest absolute Gasteiger partial charge is 0.369 e. The van der Waals surface area contributed by atoms with E-state index in [1.54, 1.807) is 12.1 Å². The number of nitrogens with zero attached hydrogens (tertiary/aromatic N) is 5. The number of para-hydroxylation sites is 1. The van der Waals surface area contributed by atoms with Gasteiger partial charge in [-0.2, -0.15) is 0 Å². The van der Waals surface area contributed by atoms with Gasteiger partial charge >= 0.3 is 0 Å². The number of benzene rings is 3. The van der Waals surface area contributed by atoms with Crippen molar-refractivity contribution < 1.29 is 9.31 Å². The number of nitro benzene ring substituents is 1. The van der Waals surface area contributed by atoms with Crippen molar-refractivity contribution in [2.45, 2.75) is 20.4 Å². The molecule has 5 rings (SSSR count). The summed E-state index contributed by atoms with van der Waals surface area (Å²) in [6.45, 7) is 7.66. The zero-order chi connectivity index (χ0) is 25.4. The van der Waals surface area contributed by atoms with Gasteiger partial charge in [0, 0.05) is 44.0 Å². The van der Waals surface area contributed by atoms with E-state index in [-0.39, 0.29) is 16.8 Å². The SMILES string of the molecule is Cc1ccc(C)c(N2CCN(Cc3nc4ccc([N+](=O)[O-])cc4c(=O)n3-c3ccccc3F)CC2)c1. The molecule has 4 aromatic rings. The molecule has 36 heavy (non-hydrogen) atoms. The van der Waals surface area contributed by atoms with E-state index < -0.39 is 16.3 Å². The molecule has 0 saturated carbocycles. The maximum absolute atomic E-state index is 14.8. The first-order chi connectivity index (χ1) is 17.3. The van der Waals surface area contributed by atoms with E-state index in [9.17, 15) is 19.3 Å². The standard InChI is InChI=1S/C27H26FN5O3/c1-18-7-8-19(2)25(15-18)31-13-11-30(12-14-31)17-26-29-23-10-9-20(33(35)36)16-21(23)27(34)32(26)24-6-4-3-5-22(24)28/h3-10,15-16H,11-14,17H2,1-2H3. The molecule has 1 fully saturated rings. The third-order valence-electron chi connectivity index (χ3n) is 6.67. The van der Waals surface area contributed by atoms with Gasteiger partial charge in [-0.25, -0.2) is 9.37 Å². The summed E-state index contributed by atoms with van der Waals surface area (Å²) in [6.07, 6.45) is 0. The van der Waals surface area contributed by atoms with Gasteiger partial charge in [0.25, 0.3) is 11.2 Å². The topological polar surface area (TPSA) is 84.5 Å². The normalized spacial score (nSPS) is 14.4. The van der Waals surface area contributed by atoms with Crippen LogP contribution in [-0.4, -0.2) is 45.6 Å². The van der Waals surface area contributed by atoms with E-state index in [2.05, 4.69) is 46.8 Å². The highest BCUT2D eigenvalue weighted by Gasteiger charge is 2.23. The molecular formula is C27H26FN5O3. The molecule has 0 amide bonds. The van der Waals surface area contributed by atoms with E-state index in [1.807, 2.05) is 0 Å². The van der Waals surface area contributed by atoms with Gasteiger partial charge in [0.2, 0.25) is 0 Å². The van der Waals surface area contributed by atoms with Crippen molar-refractivity contribution in [2.24, 2.45) is 0 Å². The van der Waals surface area contributed by atoms with Crippen molar-refractivity contribution in [1.29, 1.82) is 0 Å². The van der Waals surface area contributed by atoms with Gasteiger partial charge in [0.15, 0.2) is 0 Å². The van der Waals surface area contributed by atoms with Crippen LogP contribution in [0.4, 0.5) is 15.8 Å². The van der Waals surface area contributed by atoms with Crippen molar-refractivity contribution in [1.82, 2.24) is 14.5 Å². The van der Waals surface area contributed by atoms with Crippen LogP contribution in [0, 0.1) is 29.8 Å². The lowest BCUT2D eigenvalue weighted by atomic mass is 10.1. The van der Waals surface area contributed by atoms with Crippen LogP contribution in [0.25, 0.3) is 16.6 Å². The summed E-state index contributed by atoms with van der Waals surface area (Å²) in [5.41, 5.74) is 3.35. The average Bonchev–Trinajstić information content (AvgIpc) is 2.87. The Kier molecular flexibility index (Phi) is 6.24. The molecule has 8 nitrogen and oxygen atoms in total. The highest BCUT2D eigenvalue weighted by Crippen LogP contribution is 2.24. The Hall–Kier alpha value is -4.11. The highest BCUT2D eigenvalue weighted by molar-refractivity contribution is 5.80. The van der Waals surface area contributed by atoms with Gasteiger partial charge < -0.3 is 4.90 Å². The number of rotatable bonds is 5. The van der Waals surface area contributed by atoms with Crippen LogP contribution in [0.2, 0.25) is 0 Å². The van der Waals surface area contributed by atoms with Crippen molar-refractivity contribution in [2.75, 3.05) is 31.1 Å². The molecule has 0 unspecified atom stereocenters. The van der Waals surface area contributed by atoms with Crippen LogP contribution < -0.4 is 10.5 Å². The Morgan fingerprint density at radius 3 is 2.44 bits per heavy atom. The van der Waals surface area contributed by atoms with Crippen molar-refractivity contribution in [3.8, 4) is 5.69 Å². The smallest absolute Gasteiger partial charge is 0.270 e. The number of piperazine rings is 1. The van der Waals surface area contributed by atoms with Crippen molar-refractivity contribution in [3.05, 3.63) is 104 Å². The minimum atomic E-state index is -0.563. The lowest BCUT2D eigenvalue weighted by Crippen LogP contribution is -2.47. The predicted molar refractivity (Wildman–Crippen MR) is 137 cm³/mol. The monoisotopic (exact) mass is 487 g/mol. The van der Waals surface area contributed by atoms with Gasteiger partial charge in [-0.1, -0.05) is 24.3 Å². The molecule has 0 bridgehead atoms. The summed E-state index contributed by atoms with van der Waals surface area (Å²) in [5, 5.41) is 11.3. The van der Waals surface area contributed by atoms with Gasteiger partial charge in [0.1, 0.15) is 11.6 Å². The number of fused-ring (bicyclic) bond motifs is 1. The number of halogens is 1. The highest BCUT2D eigenvalue weighted by atomic mass is 19.1. The van der Waals surface area contributed by atoms with Crippen LogP contribution in [0.15, 0.2) is 65.5 Å². The fraction of sp³-hybridized carbons (Fsp3) is 0.259. The molecule has 1 saturated heterocycles. The molecule has 1 aromatic heterocycles. The summed E-state index contributed by atoms with van der Waals surface area (Å²) in [4.78, 5) is 33.5. The van der Waals surface area contributed by atoms with Gasteiger partial charge in [-0.05, 0) is 49.2 Å². The van der Waals surface area contributed by atoms with E-state index in [0.29, 0.717) is 17.9 Å². The summed E-state index contributed by atoms with van der Waals surface area (Å²) < 4.78 is 16.1. The second-order valence-corrected chi connectivity index (χ2v) is 9.13. The van der Waals surface area contributed by atoms with Crippen LogP contribution in [-0.2, 0) is 6.54 Å². The molecule has 1 aliphatic rings. The molecule has 0 N–H and O–H groups in total. The van der Waals surface area contributed by atoms with Crippen molar-refractivity contribution >= 4 is 22.3 Å². The fourth-order valence-electron chi connectivity index (χ4n) is 4.73. The molecule has 3 aromatic carbocycles. The summed E-state index contributed by atoms with van der Waals surface area (Å²) >= 11 is 0. The maximum Gasteiger partial charge on any atom is 0.270 e. The van der Waals surface area contributed by atoms with Crippen LogP contribution in [0.5, 0.6) is 0 Å². The number of aryl methyl sites for hydroxylation is 2. The minimum Gasteiger partial charge on any atom is -0.369 e. The average molecular weight is 488 g/mol. The zero-order valence-electron chi connectivity index (χ0n) is 20.1. The van der Waals surface area contributed by atoms with Gasteiger partial charge in [0.05, 0.1) is 28.1 Å². The number of non-ortho nitro benzene ring substituents is 1. The molecule has 9 heteroatoms. The quantitative estimate of drug-likeness (QED) is 0.307. The Labute approximate surface area is 207 Å². The van der Waals surface area contributed by atoms with E-state index >= 15 is 0 Å². The molecule has 1 aliphatic heterocycles. The van der Waals surface area contributed by atoms with Gasteiger partial charge in [-0.15, -0.1) is 0 Å². The van der Waals surface area contributed by atoms with E-state index in [0.717, 1.165) is 26.2 Å². The minimum absolute atomic E-state index is 0.0763. The zero-order valence-corrected chi connectivity index (χ0v) is 20.1. The number of hydrogen-bond acceptors (Lipinski definition) is 6. The molecule has 0 spiro atoms. The molecular weight excluding hydrogens is 461 g/mol. The van der Waals surface area contributed by atoms with Gasteiger partial charge in [-0.3, -0.25) is 24.4 Å². The first-order valence-electron chi connectivity index (χ1n) is 11.8. The third-order valence-corrected chi connectivity index (χ3v) is 6.67. The second kappa shape index (κ2) is 9.50. The first kappa shape index (κ1) is 23.6. The predicted octanol–water partition coefficient (Wildman–Crippen LogP) is 4.37. The number of aromatic nitrogens is 2. The molecule has 0 radical (unpaired) electrons. The van der Waals surface area contributed by atoms with E-state index in [1.165, 1.54) is 51.7 Å². The maximum atomic E-state index is 14.8. The van der Waals surface area contributed by atoms with E-state index in [4.69, 9.17) is 0 Å². The summed E-state index contributed by atoms with van der Waals surface area (Å²) in [7, 11) is 0. The Balaban J connectivity index is 1.50.